The van der Waals surface area contributed by atoms with E-state index in [4.69, 9.17) is 9.15 Å². The summed E-state index contributed by atoms with van der Waals surface area (Å²) in [5.74, 6) is -0.365. The molecule has 216 valence electrons. The lowest BCUT2D eigenvalue weighted by molar-refractivity contribution is -0.258. The van der Waals surface area contributed by atoms with Gasteiger partial charge >= 0.3 is 0 Å². The second-order valence-electron chi connectivity index (χ2n) is 10.9. The number of benzene rings is 2. The van der Waals surface area contributed by atoms with Crippen LogP contribution in [0.1, 0.15) is 19.6 Å². The molecular weight excluding hydrogens is 524 g/mol. The molecule has 41 heavy (non-hydrogen) atoms. The zero-order valence-electron chi connectivity index (χ0n) is 23.4. The lowest BCUT2D eigenvalue weighted by atomic mass is 9.92. The van der Waals surface area contributed by atoms with Crippen molar-refractivity contribution in [1.29, 1.82) is 5.26 Å². The molecule has 0 radical (unpaired) electrons. The van der Waals surface area contributed by atoms with E-state index >= 15 is 0 Å². The number of aliphatic hydroxyl groups excluding tert-OH is 3. The Kier molecular flexibility index (Phi) is 8.45. The number of carbonyl (C=O) groups excluding carboxylic acids is 1. The van der Waals surface area contributed by atoms with Crippen LogP contribution in [-0.4, -0.2) is 90.5 Å². The van der Waals surface area contributed by atoms with E-state index in [0.29, 0.717) is 17.1 Å². The molecule has 5 atom stereocenters. The number of rotatable bonds is 6. The average molecular weight is 561 g/mol. The summed E-state index contributed by atoms with van der Waals surface area (Å²) in [6, 6.07) is 18.1. The highest BCUT2D eigenvalue weighted by Crippen LogP contribution is 2.31. The van der Waals surface area contributed by atoms with Crippen LogP contribution in [0.2, 0.25) is 0 Å². The number of amides is 1. The summed E-state index contributed by atoms with van der Waals surface area (Å²) in [7, 11) is 2.14. The van der Waals surface area contributed by atoms with E-state index in [1.807, 2.05) is 18.2 Å². The number of nitriles is 1. The van der Waals surface area contributed by atoms with E-state index in [1.54, 1.807) is 19.9 Å². The Bertz CT molecular complexity index is 1490. The second-order valence-corrected chi connectivity index (χ2v) is 10.9. The summed E-state index contributed by atoms with van der Waals surface area (Å²) in [5.41, 5.74) is 2.29. The number of carbonyl (C=O) groups is 1. The Morgan fingerprint density at radius 1 is 1.02 bits per heavy atom. The monoisotopic (exact) mass is 560 g/mol. The maximum absolute atomic E-state index is 12.8. The molecule has 10 heteroatoms. The normalized spacial score (nSPS) is 26.0. The number of fused-ring (bicyclic) bond motifs is 1. The molecule has 4 N–H and O–H groups in total. The van der Waals surface area contributed by atoms with Crippen LogP contribution < -0.4 is 10.2 Å². The number of anilines is 1. The summed E-state index contributed by atoms with van der Waals surface area (Å²) < 4.78 is 11.4. The first-order chi connectivity index (χ1) is 19.7. The Balaban J connectivity index is 1.29. The van der Waals surface area contributed by atoms with Crippen LogP contribution in [0, 0.1) is 17.2 Å². The number of aliphatic hydroxyl groups is 3. The summed E-state index contributed by atoms with van der Waals surface area (Å²) in [5, 5.41) is 44.8. The predicted octanol–water partition coefficient (Wildman–Crippen LogP) is 2.34. The maximum atomic E-state index is 12.8. The van der Waals surface area contributed by atoms with Crippen LogP contribution in [0.15, 0.2) is 58.5 Å². The highest BCUT2D eigenvalue weighted by molar-refractivity contribution is 6.04. The third-order valence-corrected chi connectivity index (χ3v) is 8.16. The Morgan fingerprint density at radius 2 is 1.73 bits per heavy atom. The molecule has 2 aromatic carbocycles. The topological polar surface area (TPSA) is 142 Å². The predicted molar refractivity (Wildman–Crippen MR) is 155 cm³/mol. The highest BCUT2D eigenvalue weighted by atomic mass is 16.6. The van der Waals surface area contributed by atoms with Gasteiger partial charge in [-0.15, -0.1) is 0 Å². The van der Waals surface area contributed by atoms with Crippen LogP contribution >= 0.6 is 0 Å². The molecule has 10 nitrogen and oxygen atoms in total. The molecule has 3 heterocycles. The zero-order valence-corrected chi connectivity index (χ0v) is 23.4. The third kappa shape index (κ3) is 6.00. The Hall–Kier alpha value is -3.72. The van der Waals surface area contributed by atoms with Gasteiger partial charge in [0.15, 0.2) is 6.29 Å². The van der Waals surface area contributed by atoms with E-state index < -0.39 is 36.4 Å². The molecule has 0 aliphatic carbocycles. The molecule has 0 saturated carbocycles. The number of piperazine rings is 1. The zero-order chi connectivity index (χ0) is 29.3. The van der Waals surface area contributed by atoms with Crippen LogP contribution in [-0.2, 0) is 9.53 Å². The van der Waals surface area contributed by atoms with Crippen molar-refractivity contribution >= 4 is 27.9 Å². The van der Waals surface area contributed by atoms with Gasteiger partial charge in [-0.25, -0.2) is 0 Å². The van der Waals surface area contributed by atoms with Crippen LogP contribution in [0.5, 0.6) is 0 Å². The van der Waals surface area contributed by atoms with Gasteiger partial charge < -0.3 is 39.6 Å². The SMILES string of the molecule is C/C(=C(/C#N)C(=O)NC[C@H]1OC(O)[C@H](C)[C@@H](O)[C@@H]1O)c1ccc(-c2ccc3cc(N4CCN(C)CC4)ccc3c2)o1. The van der Waals surface area contributed by atoms with Crippen molar-refractivity contribution < 1.29 is 29.3 Å². The van der Waals surface area contributed by atoms with E-state index in [-0.39, 0.29) is 12.1 Å². The molecule has 0 bridgehead atoms. The molecule has 2 saturated heterocycles. The summed E-state index contributed by atoms with van der Waals surface area (Å²) in [6.07, 6.45) is -4.80. The fraction of sp³-hybridized carbons (Fsp3) is 0.419. The van der Waals surface area contributed by atoms with Crippen LogP contribution in [0.25, 0.3) is 27.7 Å². The quantitative estimate of drug-likeness (QED) is 0.264. The number of hydrogen-bond acceptors (Lipinski definition) is 9. The molecule has 5 rings (SSSR count). The standard InChI is InChI=1S/C31H36N4O6/c1-18(24(16-32)30(38)33-17-27-29(37)28(36)19(2)31(39)41-27)25-8-9-26(40-25)22-5-4-21-15-23(7-6-20(21)14-22)35-12-10-34(3)11-13-35/h4-9,14-15,19,27-29,31,36-37,39H,10-13,17H2,1-3H3,(H,33,38)/b24-18+/t19-,27-,28-,29-,31?/m1/s1. The lowest BCUT2D eigenvalue weighted by Gasteiger charge is -2.39. The summed E-state index contributed by atoms with van der Waals surface area (Å²) in [4.78, 5) is 17.6. The Morgan fingerprint density at radius 3 is 2.46 bits per heavy atom. The van der Waals surface area contributed by atoms with Crippen LogP contribution in [0.4, 0.5) is 5.69 Å². The van der Waals surface area contributed by atoms with Gasteiger partial charge in [0.05, 0.1) is 6.10 Å². The molecule has 0 spiro atoms. The minimum Gasteiger partial charge on any atom is -0.456 e. The van der Waals surface area contributed by atoms with Crippen molar-refractivity contribution in [3.8, 4) is 17.4 Å². The average Bonchev–Trinajstić information content (AvgIpc) is 3.48. The fourth-order valence-electron chi connectivity index (χ4n) is 5.30. The van der Waals surface area contributed by atoms with Gasteiger partial charge in [0.2, 0.25) is 0 Å². The fourth-order valence-corrected chi connectivity index (χ4v) is 5.30. The number of nitrogens with one attached hydrogen (secondary N) is 1. The number of likely N-dealkylation sites (N-methyl/N-ethyl adjacent to an activating group) is 1. The second kappa shape index (κ2) is 12.0. The van der Waals surface area contributed by atoms with E-state index in [9.17, 15) is 25.4 Å². The molecule has 1 amide bonds. The molecule has 2 fully saturated rings. The van der Waals surface area contributed by atoms with Gasteiger partial charge in [-0.1, -0.05) is 25.1 Å². The molecular formula is C31H36N4O6. The largest absolute Gasteiger partial charge is 0.456 e. The Labute approximate surface area is 239 Å². The molecule has 3 aromatic rings. The maximum Gasteiger partial charge on any atom is 0.262 e. The molecule has 2 aliphatic heterocycles. The van der Waals surface area contributed by atoms with Crippen molar-refractivity contribution in [3.05, 3.63) is 59.9 Å². The highest BCUT2D eigenvalue weighted by Gasteiger charge is 2.41. The molecule has 1 aromatic heterocycles. The van der Waals surface area contributed by atoms with Gasteiger partial charge in [-0.2, -0.15) is 5.26 Å². The van der Waals surface area contributed by atoms with E-state index in [1.165, 1.54) is 5.69 Å². The van der Waals surface area contributed by atoms with Gasteiger partial charge in [-0.05, 0) is 55.1 Å². The van der Waals surface area contributed by atoms with Crippen molar-refractivity contribution in [2.24, 2.45) is 5.92 Å². The van der Waals surface area contributed by atoms with Crippen molar-refractivity contribution in [3.63, 3.8) is 0 Å². The van der Waals surface area contributed by atoms with Crippen molar-refractivity contribution in [1.82, 2.24) is 10.2 Å². The summed E-state index contributed by atoms with van der Waals surface area (Å²) >= 11 is 0. The van der Waals surface area contributed by atoms with Crippen molar-refractivity contribution in [2.45, 2.75) is 38.4 Å². The van der Waals surface area contributed by atoms with Gasteiger partial charge in [-0.3, -0.25) is 4.79 Å². The first-order valence-corrected chi connectivity index (χ1v) is 13.8. The first-order valence-electron chi connectivity index (χ1n) is 13.8. The lowest BCUT2D eigenvalue weighted by Crippen LogP contribution is -2.56. The number of allylic oxidation sites excluding steroid dienone is 1. The minimum atomic E-state index is -1.29. The first kappa shape index (κ1) is 28.8. The van der Waals surface area contributed by atoms with Gasteiger partial charge in [0.1, 0.15) is 35.4 Å². The number of ether oxygens (including phenoxy) is 1. The van der Waals surface area contributed by atoms with E-state index in [0.717, 1.165) is 42.5 Å². The van der Waals surface area contributed by atoms with E-state index in [2.05, 4.69) is 52.5 Å². The third-order valence-electron chi connectivity index (χ3n) is 8.16. The number of hydrogen-bond donors (Lipinski definition) is 4. The van der Waals surface area contributed by atoms with Gasteiger partial charge in [0, 0.05) is 55.5 Å². The smallest absolute Gasteiger partial charge is 0.262 e. The number of nitrogens with zero attached hydrogens (tertiary/aromatic N) is 3. The van der Waals surface area contributed by atoms with Crippen LogP contribution in [0.3, 0.4) is 0 Å². The molecule has 1 unspecified atom stereocenters. The van der Waals surface area contributed by atoms with Gasteiger partial charge in [0.25, 0.3) is 5.91 Å². The summed E-state index contributed by atoms with van der Waals surface area (Å²) in [6.45, 7) is 7.09. The minimum absolute atomic E-state index is 0.152. The van der Waals surface area contributed by atoms with Crippen molar-refractivity contribution in [2.75, 3.05) is 44.7 Å². The number of furan rings is 1. The molecule has 2 aliphatic rings.